The van der Waals surface area contributed by atoms with Crippen LogP contribution < -0.4 is 4.90 Å². The molecule has 1 aliphatic heterocycles. The standard InChI is InChI=1S/C11H14BrClN2.ClH/c12-11-9(8-13)14-5-4-10(11)15-6-2-1-3-7-15;/h4-5H,1-3,6-8H2;1H. The highest BCUT2D eigenvalue weighted by Crippen LogP contribution is 2.30. The van der Waals surface area contributed by atoms with Crippen molar-refractivity contribution in [3.05, 3.63) is 22.4 Å². The molecule has 1 aromatic rings. The summed E-state index contributed by atoms with van der Waals surface area (Å²) in [5, 5.41) is 0. The SMILES string of the molecule is Cl.ClCc1nccc(N2CCCCC2)c1Br. The maximum absolute atomic E-state index is 5.83. The van der Waals surface area contributed by atoms with Gasteiger partial charge >= 0.3 is 0 Å². The molecule has 0 bridgehead atoms. The lowest BCUT2D eigenvalue weighted by molar-refractivity contribution is 0.577. The van der Waals surface area contributed by atoms with E-state index in [2.05, 4.69) is 31.9 Å². The Kier molecular flexibility index (Phi) is 5.87. The van der Waals surface area contributed by atoms with Gasteiger partial charge in [-0.1, -0.05) is 0 Å². The van der Waals surface area contributed by atoms with Crippen LogP contribution in [0.5, 0.6) is 0 Å². The van der Waals surface area contributed by atoms with Crippen LogP contribution in [0.2, 0.25) is 0 Å². The summed E-state index contributed by atoms with van der Waals surface area (Å²) in [5.41, 5.74) is 2.17. The molecular weight excluding hydrogens is 311 g/mol. The summed E-state index contributed by atoms with van der Waals surface area (Å²) in [7, 11) is 0. The smallest absolute Gasteiger partial charge is 0.0714 e. The number of nitrogens with zero attached hydrogens (tertiary/aromatic N) is 2. The summed E-state index contributed by atoms with van der Waals surface area (Å²) in [6.45, 7) is 2.29. The molecule has 90 valence electrons. The highest BCUT2D eigenvalue weighted by Gasteiger charge is 2.15. The first-order chi connectivity index (χ1) is 7.33. The lowest BCUT2D eigenvalue weighted by Gasteiger charge is -2.29. The highest BCUT2D eigenvalue weighted by atomic mass is 79.9. The van der Waals surface area contributed by atoms with Gasteiger partial charge in [0.2, 0.25) is 0 Å². The molecule has 1 saturated heterocycles. The summed E-state index contributed by atoms with van der Waals surface area (Å²) in [6.07, 6.45) is 5.75. The van der Waals surface area contributed by atoms with Crippen molar-refractivity contribution in [1.29, 1.82) is 0 Å². The molecule has 0 aromatic carbocycles. The zero-order chi connectivity index (χ0) is 10.7. The van der Waals surface area contributed by atoms with Crippen LogP contribution in [0.4, 0.5) is 5.69 Å². The third-order valence-corrected chi connectivity index (χ3v) is 3.88. The Morgan fingerprint density at radius 1 is 1.31 bits per heavy atom. The Balaban J connectivity index is 0.00000128. The largest absolute Gasteiger partial charge is 0.371 e. The second-order valence-electron chi connectivity index (χ2n) is 3.77. The van der Waals surface area contributed by atoms with E-state index in [0.29, 0.717) is 5.88 Å². The molecule has 1 fully saturated rings. The normalized spacial score (nSPS) is 15.8. The molecule has 0 atom stereocenters. The third-order valence-electron chi connectivity index (χ3n) is 2.76. The van der Waals surface area contributed by atoms with E-state index in [1.165, 1.54) is 24.9 Å². The fourth-order valence-corrected chi connectivity index (χ4v) is 2.94. The fourth-order valence-electron chi connectivity index (χ4n) is 1.95. The topological polar surface area (TPSA) is 16.1 Å². The van der Waals surface area contributed by atoms with Gasteiger partial charge in [0.05, 0.1) is 21.7 Å². The predicted octanol–water partition coefficient (Wildman–Crippen LogP) is 4.00. The Hall–Kier alpha value is 0.01000. The van der Waals surface area contributed by atoms with Crippen molar-refractivity contribution < 1.29 is 0 Å². The first-order valence-corrected chi connectivity index (χ1v) is 6.60. The van der Waals surface area contributed by atoms with Gasteiger partial charge in [0.1, 0.15) is 0 Å². The number of hydrogen-bond acceptors (Lipinski definition) is 2. The van der Waals surface area contributed by atoms with Crippen molar-refractivity contribution in [2.45, 2.75) is 25.1 Å². The van der Waals surface area contributed by atoms with E-state index in [0.717, 1.165) is 23.3 Å². The molecular formula is C11H15BrCl2N2. The predicted molar refractivity (Wildman–Crippen MR) is 74.8 cm³/mol. The fraction of sp³-hybridized carbons (Fsp3) is 0.545. The van der Waals surface area contributed by atoms with Gasteiger partial charge in [0.15, 0.2) is 0 Å². The van der Waals surface area contributed by atoms with Crippen LogP contribution in [0, 0.1) is 0 Å². The van der Waals surface area contributed by atoms with E-state index < -0.39 is 0 Å². The average molecular weight is 326 g/mol. The Morgan fingerprint density at radius 2 is 2.00 bits per heavy atom. The van der Waals surface area contributed by atoms with Crippen LogP contribution in [0.25, 0.3) is 0 Å². The first-order valence-electron chi connectivity index (χ1n) is 5.27. The molecule has 1 aliphatic rings. The zero-order valence-corrected chi connectivity index (χ0v) is 12.1. The third kappa shape index (κ3) is 3.02. The summed E-state index contributed by atoms with van der Waals surface area (Å²) in [5.74, 6) is 0.461. The minimum atomic E-state index is 0. The number of anilines is 1. The molecule has 16 heavy (non-hydrogen) atoms. The van der Waals surface area contributed by atoms with Crippen molar-refractivity contribution in [2.24, 2.45) is 0 Å². The number of piperidine rings is 1. The maximum atomic E-state index is 5.83. The lowest BCUT2D eigenvalue weighted by atomic mass is 10.1. The number of pyridine rings is 1. The number of alkyl halides is 1. The number of hydrogen-bond donors (Lipinski definition) is 0. The molecule has 0 amide bonds. The molecule has 2 heterocycles. The summed E-state index contributed by atoms with van der Waals surface area (Å²) >= 11 is 9.42. The second kappa shape index (κ2) is 6.67. The van der Waals surface area contributed by atoms with E-state index >= 15 is 0 Å². The molecule has 0 unspecified atom stereocenters. The van der Waals surface area contributed by atoms with Crippen LogP contribution in [-0.2, 0) is 5.88 Å². The number of rotatable bonds is 2. The van der Waals surface area contributed by atoms with Crippen molar-refractivity contribution in [3.8, 4) is 0 Å². The molecule has 5 heteroatoms. The molecule has 0 aliphatic carbocycles. The summed E-state index contributed by atoms with van der Waals surface area (Å²) < 4.78 is 1.06. The quantitative estimate of drug-likeness (QED) is 0.764. The molecule has 0 radical (unpaired) electrons. The van der Waals surface area contributed by atoms with Gasteiger partial charge in [-0.05, 0) is 41.3 Å². The van der Waals surface area contributed by atoms with Crippen molar-refractivity contribution in [2.75, 3.05) is 18.0 Å². The summed E-state index contributed by atoms with van der Waals surface area (Å²) in [4.78, 5) is 6.65. The van der Waals surface area contributed by atoms with Gasteiger partial charge < -0.3 is 4.90 Å². The molecule has 0 saturated carbocycles. The molecule has 2 nitrogen and oxygen atoms in total. The highest BCUT2D eigenvalue weighted by molar-refractivity contribution is 9.10. The van der Waals surface area contributed by atoms with Crippen molar-refractivity contribution in [3.63, 3.8) is 0 Å². The average Bonchev–Trinajstić information content (AvgIpc) is 2.30. The van der Waals surface area contributed by atoms with Gasteiger partial charge in [-0.25, -0.2) is 0 Å². The Labute approximate surface area is 116 Å². The van der Waals surface area contributed by atoms with Crippen molar-refractivity contribution >= 4 is 45.6 Å². The first kappa shape index (κ1) is 14.1. The minimum absolute atomic E-state index is 0. The van der Waals surface area contributed by atoms with E-state index in [1.807, 2.05) is 6.20 Å². The van der Waals surface area contributed by atoms with E-state index in [1.54, 1.807) is 0 Å². The van der Waals surface area contributed by atoms with Gasteiger partial charge in [0.25, 0.3) is 0 Å². The van der Waals surface area contributed by atoms with Crippen LogP contribution in [0.1, 0.15) is 25.0 Å². The molecule has 2 rings (SSSR count). The van der Waals surface area contributed by atoms with Crippen LogP contribution in [0.3, 0.4) is 0 Å². The summed E-state index contributed by atoms with van der Waals surface area (Å²) in [6, 6.07) is 2.06. The number of aromatic nitrogens is 1. The minimum Gasteiger partial charge on any atom is -0.371 e. The van der Waals surface area contributed by atoms with E-state index in [4.69, 9.17) is 11.6 Å². The second-order valence-corrected chi connectivity index (χ2v) is 4.83. The van der Waals surface area contributed by atoms with Gasteiger partial charge in [-0.15, -0.1) is 24.0 Å². The van der Waals surface area contributed by atoms with Crippen LogP contribution in [0.15, 0.2) is 16.7 Å². The van der Waals surface area contributed by atoms with E-state index in [9.17, 15) is 0 Å². The zero-order valence-electron chi connectivity index (χ0n) is 8.96. The lowest BCUT2D eigenvalue weighted by Crippen LogP contribution is -2.29. The van der Waals surface area contributed by atoms with Crippen LogP contribution >= 0.6 is 39.9 Å². The van der Waals surface area contributed by atoms with Crippen LogP contribution in [-0.4, -0.2) is 18.1 Å². The molecule has 1 aromatic heterocycles. The Bertz CT molecular complexity index is 341. The van der Waals surface area contributed by atoms with Gasteiger partial charge in [0, 0.05) is 19.3 Å². The van der Waals surface area contributed by atoms with Crippen molar-refractivity contribution in [1.82, 2.24) is 4.98 Å². The molecule has 0 spiro atoms. The maximum Gasteiger partial charge on any atom is 0.0714 e. The Morgan fingerprint density at radius 3 is 2.62 bits per heavy atom. The van der Waals surface area contributed by atoms with Gasteiger partial charge in [-0.3, -0.25) is 4.98 Å². The number of halogens is 3. The van der Waals surface area contributed by atoms with Gasteiger partial charge in [-0.2, -0.15) is 0 Å². The monoisotopic (exact) mass is 324 g/mol. The van der Waals surface area contributed by atoms with E-state index in [-0.39, 0.29) is 12.4 Å². The molecule has 0 N–H and O–H groups in total.